The lowest BCUT2D eigenvalue weighted by Crippen LogP contribution is -1.93. The van der Waals surface area contributed by atoms with Crippen LogP contribution in [0.2, 0.25) is 5.15 Å². The molecular formula is C17H13ClN6S2. The Morgan fingerprint density at radius 1 is 0.885 bits per heavy atom. The van der Waals surface area contributed by atoms with Crippen LogP contribution in [0.1, 0.15) is 0 Å². The number of hydrogen-bond donors (Lipinski definition) is 0. The van der Waals surface area contributed by atoms with Gasteiger partial charge in [0, 0.05) is 12.4 Å². The summed E-state index contributed by atoms with van der Waals surface area (Å²) in [5.74, 6) is 0. The van der Waals surface area contributed by atoms with Gasteiger partial charge in [0.25, 0.3) is 0 Å². The summed E-state index contributed by atoms with van der Waals surface area (Å²) in [5.41, 5.74) is 3.95. The first kappa shape index (κ1) is 17.3. The Kier molecular flexibility index (Phi) is 4.80. The predicted molar refractivity (Wildman–Crippen MR) is 106 cm³/mol. The number of thioether (sulfide) groups is 2. The van der Waals surface area contributed by atoms with Crippen LogP contribution in [0.15, 0.2) is 53.0 Å². The second kappa shape index (κ2) is 7.22. The highest BCUT2D eigenvalue weighted by Gasteiger charge is 2.20. The van der Waals surface area contributed by atoms with Gasteiger partial charge in [-0.1, -0.05) is 41.2 Å². The molecule has 0 aliphatic heterocycles. The fourth-order valence-electron chi connectivity index (χ4n) is 2.62. The van der Waals surface area contributed by atoms with E-state index in [0.717, 1.165) is 22.5 Å². The van der Waals surface area contributed by atoms with Gasteiger partial charge in [0.2, 0.25) is 0 Å². The summed E-state index contributed by atoms with van der Waals surface area (Å²) in [6.07, 6.45) is 7.37. The van der Waals surface area contributed by atoms with E-state index in [-0.39, 0.29) is 0 Å². The van der Waals surface area contributed by atoms with Crippen LogP contribution in [0.3, 0.4) is 0 Å². The molecule has 0 radical (unpaired) electrons. The molecule has 0 aliphatic rings. The zero-order valence-corrected chi connectivity index (χ0v) is 16.3. The lowest BCUT2D eigenvalue weighted by atomic mass is 10.1. The molecule has 0 aromatic carbocycles. The molecule has 4 heterocycles. The Bertz CT molecular complexity index is 1100. The van der Waals surface area contributed by atoms with Gasteiger partial charge in [-0.2, -0.15) is 5.10 Å². The standard InChI is InChI=1S/C17H13ClN6S2/c1-25-16-19-8-6-10(21-16)14-12-4-3-5-13(18)24(12)23-15(14)11-7-9-20-17(22-11)26-2/h3-9H,1-2H3. The summed E-state index contributed by atoms with van der Waals surface area (Å²) in [4.78, 5) is 17.8. The summed E-state index contributed by atoms with van der Waals surface area (Å²) in [7, 11) is 0. The van der Waals surface area contributed by atoms with Crippen LogP contribution in [0, 0.1) is 0 Å². The van der Waals surface area contributed by atoms with Crippen molar-refractivity contribution in [2.24, 2.45) is 0 Å². The van der Waals surface area contributed by atoms with Crippen molar-refractivity contribution in [2.75, 3.05) is 12.5 Å². The fraction of sp³-hybridized carbons (Fsp3) is 0.118. The van der Waals surface area contributed by atoms with Crippen LogP contribution in [0.4, 0.5) is 0 Å². The average molecular weight is 401 g/mol. The van der Waals surface area contributed by atoms with Gasteiger partial charge in [-0.25, -0.2) is 24.5 Å². The minimum absolute atomic E-state index is 0.522. The van der Waals surface area contributed by atoms with Gasteiger partial charge in [0.1, 0.15) is 10.8 Å². The van der Waals surface area contributed by atoms with Gasteiger partial charge in [-0.05, 0) is 36.8 Å². The molecule has 0 saturated carbocycles. The first-order valence-electron chi connectivity index (χ1n) is 7.63. The van der Waals surface area contributed by atoms with Crippen LogP contribution in [-0.2, 0) is 0 Å². The van der Waals surface area contributed by atoms with Crippen LogP contribution in [0.25, 0.3) is 28.2 Å². The van der Waals surface area contributed by atoms with Crippen LogP contribution in [0.5, 0.6) is 0 Å². The number of rotatable bonds is 4. The summed E-state index contributed by atoms with van der Waals surface area (Å²) in [5, 5.41) is 6.61. The number of hydrogen-bond acceptors (Lipinski definition) is 7. The molecule has 4 aromatic heterocycles. The summed E-state index contributed by atoms with van der Waals surface area (Å²) >= 11 is 9.34. The Hall–Kier alpha value is -2.16. The van der Waals surface area contributed by atoms with E-state index in [0.29, 0.717) is 21.2 Å². The quantitative estimate of drug-likeness (QED) is 0.286. The first-order valence-corrected chi connectivity index (χ1v) is 10.5. The predicted octanol–water partition coefficient (Wildman–Crippen LogP) is 4.35. The Balaban J connectivity index is 2.04. The molecular weight excluding hydrogens is 388 g/mol. The molecule has 0 N–H and O–H groups in total. The van der Waals surface area contributed by atoms with E-state index in [2.05, 4.69) is 19.9 Å². The summed E-state index contributed by atoms with van der Waals surface area (Å²) in [6, 6.07) is 9.38. The van der Waals surface area contributed by atoms with E-state index in [1.807, 2.05) is 36.8 Å². The van der Waals surface area contributed by atoms with E-state index < -0.39 is 0 Å². The molecule has 4 aromatic rings. The molecule has 0 bridgehead atoms. The van der Waals surface area contributed by atoms with Crippen molar-refractivity contribution in [1.82, 2.24) is 29.5 Å². The van der Waals surface area contributed by atoms with Crippen molar-refractivity contribution in [3.05, 3.63) is 47.9 Å². The number of halogens is 1. The van der Waals surface area contributed by atoms with Gasteiger partial charge in [-0.3, -0.25) is 0 Å². The van der Waals surface area contributed by atoms with Gasteiger partial charge in [-0.15, -0.1) is 0 Å². The smallest absolute Gasteiger partial charge is 0.187 e. The average Bonchev–Trinajstić information content (AvgIpc) is 3.09. The van der Waals surface area contributed by atoms with Crippen molar-refractivity contribution in [2.45, 2.75) is 10.3 Å². The molecule has 9 heteroatoms. The molecule has 0 amide bonds. The molecule has 130 valence electrons. The van der Waals surface area contributed by atoms with Crippen molar-refractivity contribution < 1.29 is 0 Å². The highest BCUT2D eigenvalue weighted by atomic mass is 35.5. The first-order chi connectivity index (χ1) is 12.7. The third-order valence-corrected chi connectivity index (χ3v) is 5.15. The van der Waals surface area contributed by atoms with Crippen molar-refractivity contribution in [3.8, 4) is 22.6 Å². The minimum Gasteiger partial charge on any atom is -0.231 e. The van der Waals surface area contributed by atoms with Gasteiger partial charge in [0.05, 0.1) is 22.5 Å². The normalized spacial score (nSPS) is 11.2. The summed E-state index contributed by atoms with van der Waals surface area (Å²) < 4.78 is 1.70. The Labute approximate surface area is 163 Å². The van der Waals surface area contributed by atoms with Crippen LogP contribution < -0.4 is 0 Å². The Morgan fingerprint density at radius 2 is 1.54 bits per heavy atom. The van der Waals surface area contributed by atoms with Crippen molar-refractivity contribution in [1.29, 1.82) is 0 Å². The van der Waals surface area contributed by atoms with Gasteiger partial charge < -0.3 is 0 Å². The molecule has 0 atom stereocenters. The molecule has 26 heavy (non-hydrogen) atoms. The van der Waals surface area contributed by atoms with Crippen LogP contribution >= 0.6 is 35.1 Å². The minimum atomic E-state index is 0.522. The molecule has 6 nitrogen and oxygen atoms in total. The zero-order valence-electron chi connectivity index (χ0n) is 13.9. The van der Waals surface area contributed by atoms with Crippen molar-refractivity contribution >= 4 is 40.6 Å². The van der Waals surface area contributed by atoms with E-state index in [1.54, 1.807) is 23.0 Å². The third kappa shape index (κ3) is 3.04. The largest absolute Gasteiger partial charge is 0.231 e. The number of aromatic nitrogens is 6. The second-order valence-electron chi connectivity index (χ2n) is 5.23. The summed E-state index contributed by atoms with van der Waals surface area (Å²) in [6.45, 7) is 0. The Morgan fingerprint density at radius 3 is 2.23 bits per heavy atom. The molecule has 0 unspecified atom stereocenters. The second-order valence-corrected chi connectivity index (χ2v) is 7.16. The maximum absolute atomic E-state index is 6.36. The lowest BCUT2D eigenvalue weighted by molar-refractivity contribution is 0.938. The zero-order chi connectivity index (χ0) is 18.1. The monoisotopic (exact) mass is 400 g/mol. The molecule has 0 fully saturated rings. The number of pyridine rings is 1. The van der Waals surface area contributed by atoms with E-state index >= 15 is 0 Å². The van der Waals surface area contributed by atoms with E-state index in [1.165, 1.54) is 23.5 Å². The molecule has 0 spiro atoms. The maximum Gasteiger partial charge on any atom is 0.187 e. The molecule has 0 aliphatic carbocycles. The third-order valence-electron chi connectivity index (χ3n) is 3.74. The topological polar surface area (TPSA) is 68.9 Å². The molecule has 4 rings (SSSR count). The van der Waals surface area contributed by atoms with Gasteiger partial charge in [0.15, 0.2) is 10.3 Å². The molecule has 0 saturated heterocycles. The van der Waals surface area contributed by atoms with E-state index in [9.17, 15) is 0 Å². The maximum atomic E-state index is 6.36. The number of nitrogens with zero attached hydrogens (tertiary/aromatic N) is 6. The highest BCUT2D eigenvalue weighted by Crippen LogP contribution is 2.35. The fourth-order valence-corrected chi connectivity index (χ4v) is 3.53. The van der Waals surface area contributed by atoms with E-state index in [4.69, 9.17) is 16.7 Å². The van der Waals surface area contributed by atoms with Crippen molar-refractivity contribution in [3.63, 3.8) is 0 Å². The lowest BCUT2D eigenvalue weighted by Gasteiger charge is -2.04. The SMILES string of the molecule is CSc1nccc(-c2nn3c(Cl)cccc3c2-c2ccnc(SC)n2)n1. The highest BCUT2D eigenvalue weighted by molar-refractivity contribution is 7.98. The number of fused-ring (bicyclic) bond motifs is 1. The van der Waals surface area contributed by atoms with Crippen LogP contribution in [-0.4, -0.2) is 42.1 Å². The van der Waals surface area contributed by atoms with Gasteiger partial charge >= 0.3 is 0 Å².